The number of hydrogen-bond acceptors (Lipinski definition) is 3. The van der Waals surface area contributed by atoms with Crippen LogP contribution in [0.2, 0.25) is 0 Å². The Bertz CT molecular complexity index is 315. The number of rotatable bonds is 2. The van der Waals surface area contributed by atoms with Gasteiger partial charge in [-0.3, -0.25) is 0 Å². The molecule has 0 aliphatic heterocycles. The molecule has 1 saturated carbocycles. The van der Waals surface area contributed by atoms with E-state index in [0.29, 0.717) is 10.7 Å². The summed E-state index contributed by atoms with van der Waals surface area (Å²) < 4.78 is 5.14. The van der Waals surface area contributed by atoms with Crippen molar-refractivity contribution in [2.45, 2.75) is 42.8 Å². The molecule has 0 saturated heterocycles. The van der Waals surface area contributed by atoms with E-state index in [1.807, 2.05) is 6.20 Å². The number of methoxy groups -OCH3 is 1. The fourth-order valence-corrected chi connectivity index (χ4v) is 3.76. The molecule has 1 aliphatic rings. The predicted molar refractivity (Wildman–Crippen MR) is 67.2 cm³/mol. The maximum absolute atomic E-state index is 5.14. The van der Waals surface area contributed by atoms with Crippen molar-refractivity contribution in [3.8, 4) is 5.19 Å². The summed E-state index contributed by atoms with van der Waals surface area (Å²) in [6.45, 7) is 0. The quantitative estimate of drug-likeness (QED) is 0.607. The molecule has 2 unspecified atom stereocenters. The van der Waals surface area contributed by atoms with Gasteiger partial charge in [0.2, 0.25) is 0 Å². The van der Waals surface area contributed by atoms with Crippen molar-refractivity contribution >= 4 is 27.3 Å². The molecule has 1 aliphatic carbocycles. The van der Waals surface area contributed by atoms with Crippen molar-refractivity contribution in [1.82, 2.24) is 4.98 Å². The number of nitrogens with zero attached hydrogens (tertiary/aromatic N) is 1. The van der Waals surface area contributed by atoms with Gasteiger partial charge in [-0.25, -0.2) is 4.98 Å². The lowest BCUT2D eigenvalue weighted by molar-refractivity contribution is 0.412. The minimum Gasteiger partial charge on any atom is -0.473 e. The Hall–Kier alpha value is -0.0900. The second kappa shape index (κ2) is 5.30. The van der Waals surface area contributed by atoms with Gasteiger partial charge in [0, 0.05) is 15.9 Å². The Balaban J connectivity index is 2.07. The zero-order chi connectivity index (χ0) is 10.7. The van der Waals surface area contributed by atoms with E-state index in [4.69, 9.17) is 4.74 Å². The van der Waals surface area contributed by atoms with Gasteiger partial charge in [0.15, 0.2) is 0 Å². The zero-order valence-electron chi connectivity index (χ0n) is 8.91. The zero-order valence-corrected chi connectivity index (χ0v) is 11.3. The summed E-state index contributed by atoms with van der Waals surface area (Å²) in [4.78, 5) is 6.31. The summed E-state index contributed by atoms with van der Waals surface area (Å²) in [6.07, 6.45) is 8.53. The van der Waals surface area contributed by atoms with Crippen LogP contribution >= 0.6 is 27.3 Å². The molecule has 1 aromatic rings. The molecular weight excluding hydrogens is 274 g/mol. The highest BCUT2D eigenvalue weighted by atomic mass is 79.9. The molecule has 15 heavy (non-hydrogen) atoms. The lowest BCUT2D eigenvalue weighted by Gasteiger charge is -2.13. The highest BCUT2D eigenvalue weighted by molar-refractivity contribution is 9.09. The average molecular weight is 290 g/mol. The van der Waals surface area contributed by atoms with Gasteiger partial charge in [0.25, 0.3) is 5.19 Å². The van der Waals surface area contributed by atoms with E-state index >= 15 is 0 Å². The van der Waals surface area contributed by atoms with E-state index in [2.05, 4.69) is 20.9 Å². The molecule has 0 amide bonds. The fourth-order valence-electron chi connectivity index (χ4n) is 2.11. The van der Waals surface area contributed by atoms with E-state index in [0.717, 1.165) is 5.19 Å². The van der Waals surface area contributed by atoms with E-state index in [9.17, 15) is 0 Å². The van der Waals surface area contributed by atoms with Gasteiger partial charge in [0.1, 0.15) is 0 Å². The molecule has 0 spiro atoms. The van der Waals surface area contributed by atoms with E-state index < -0.39 is 0 Å². The minimum atomic E-state index is 0.679. The molecule has 1 heterocycles. The molecule has 0 N–H and O–H groups in total. The maximum atomic E-state index is 5.14. The molecule has 1 aromatic heterocycles. The number of halogens is 1. The molecule has 2 rings (SSSR count). The Labute approximate surface area is 103 Å². The number of aromatic nitrogens is 1. The van der Waals surface area contributed by atoms with Crippen LogP contribution in [0.15, 0.2) is 6.20 Å². The Morgan fingerprint density at radius 3 is 3.00 bits per heavy atom. The standard InChI is InChI=1S/C11H16BrNOS/c1-14-11-13-7-10(15-11)8-4-2-3-5-9(12)6-8/h7-9H,2-6H2,1H3. The van der Waals surface area contributed by atoms with Crippen LogP contribution in [0.5, 0.6) is 5.19 Å². The topological polar surface area (TPSA) is 22.1 Å². The van der Waals surface area contributed by atoms with Gasteiger partial charge < -0.3 is 4.74 Å². The Morgan fingerprint density at radius 2 is 2.27 bits per heavy atom. The number of thiazole rings is 1. The van der Waals surface area contributed by atoms with Crippen LogP contribution in [0.4, 0.5) is 0 Å². The second-order valence-corrected chi connectivity index (χ2v) is 6.37. The van der Waals surface area contributed by atoms with Crippen molar-refractivity contribution in [3.63, 3.8) is 0 Å². The first kappa shape index (κ1) is 11.4. The monoisotopic (exact) mass is 289 g/mol. The van der Waals surface area contributed by atoms with Crippen LogP contribution < -0.4 is 4.74 Å². The van der Waals surface area contributed by atoms with Crippen molar-refractivity contribution in [1.29, 1.82) is 0 Å². The molecule has 0 bridgehead atoms. The first-order chi connectivity index (χ1) is 7.29. The van der Waals surface area contributed by atoms with Gasteiger partial charge in [-0.2, -0.15) is 0 Å². The van der Waals surface area contributed by atoms with Gasteiger partial charge >= 0.3 is 0 Å². The largest absolute Gasteiger partial charge is 0.473 e. The molecule has 2 nitrogen and oxygen atoms in total. The van der Waals surface area contributed by atoms with Crippen LogP contribution in [0.25, 0.3) is 0 Å². The second-order valence-electron chi connectivity index (χ2n) is 4.05. The van der Waals surface area contributed by atoms with Gasteiger partial charge in [-0.15, -0.1) is 0 Å². The predicted octanol–water partition coefficient (Wildman–Crippen LogP) is 3.96. The maximum Gasteiger partial charge on any atom is 0.273 e. The Morgan fingerprint density at radius 1 is 1.47 bits per heavy atom. The first-order valence-corrected chi connectivity index (χ1v) is 7.16. The third-order valence-corrected chi connectivity index (χ3v) is 4.89. The average Bonchev–Trinajstić information content (AvgIpc) is 2.61. The number of hydrogen-bond donors (Lipinski definition) is 0. The lowest BCUT2D eigenvalue weighted by Crippen LogP contribution is -2.01. The normalized spacial score (nSPS) is 27.3. The molecular formula is C11H16BrNOS. The van der Waals surface area contributed by atoms with Crippen LogP contribution in [-0.4, -0.2) is 16.9 Å². The van der Waals surface area contributed by atoms with Crippen molar-refractivity contribution in [2.75, 3.05) is 7.11 Å². The smallest absolute Gasteiger partial charge is 0.273 e. The summed E-state index contributed by atoms with van der Waals surface area (Å²) in [5, 5.41) is 0.792. The van der Waals surface area contributed by atoms with E-state index in [1.54, 1.807) is 18.4 Å². The molecule has 84 valence electrons. The minimum absolute atomic E-state index is 0.679. The highest BCUT2D eigenvalue weighted by Gasteiger charge is 2.21. The van der Waals surface area contributed by atoms with Crippen LogP contribution in [0.1, 0.15) is 42.9 Å². The van der Waals surface area contributed by atoms with Crippen molar-refractivity contribution in [3.05, 3.63) is 11.1 Å². The van der Waals surface area contributed by atoms with Crippen LogP contribution in [0, 0.1) is 0 Å². The fraction of sp³-hybridized carbons (Fsp3) is 0.727. The van der Waals surface area contributed by atoms with Crippen molar-refractivity contribution < 1.29 is 4.74 Å². The SMILES string of the molecule is COc1ncc(C2CCCCC(Br)C2)s1. The Kier molecular flexibility index (Phi) is 4.03. The summed E-state index contributed by atoms with van der Waals surface area (Å²) in [7, 11) is 1.68. The highest BCUT2D eigenvalue weighted by Crippen LogP contribution is 2.38. The molecule has 0 radical (unpaired) electrons. The van der Waals surface area contributed by atoms with Crippen molar-refractivity contribution in [2.24, 2.45) is 0 Å². The van der Waals surface area contributed by atoms with E-state index in [-0.39, 0.29) is 0 Å². The molecule has 1 fully saturated rings. The van der Waals surface area contributed by atoms with Crippen LogP contribution in [-0.2, 0) is 0 Å². The molecule has 2 atom stereocenters. The first-order valence-electron chi connectivity index (χ1n) is 5.43. The van der Waals surface area contributed by atoms with Gasteiger partial charge in [0.05, 0.1) is 7.11 Å². The molecule has 0 aromatic carbocycles. The third-order valence-electron chi connectivity index (χ3n) is 2.94. The lowest BCUT2D eigenvalue weighted by atomic mass is 9.99. The number of alkyl halides is 1. The third kappa shape index (κ3) is 2.94. The molecule has 4 heteroatoms. The summed E-state index contributed by atoms with van der Waals surface area (Å²) in [5.74, 6) is 0.679. The van der Waals surface area contributed by atoms with Gasteiger partial charge in [-0.1, -0.05) is 40.1 Å². The summed E-state index contributed by atoms with van der Waals surface area (Å²) >= 11 is 5.45. The van der Waals surface area contributed by atoms with Gasteiger partial charge in [-0.05, 0) is 25.2 Å². The summed E-state index contributed by atoms with van der Waals surface area (Å²) in [6, 6.07) is 0. The summed E-state index contributed by atoms with van der Waals surface area (Å²) in [5.41, 5.74) is 0. The van der Waals surface area contributed by atoms with E-state index in [1.165, 1.54) is 37.0 Å². The number of ether oxygens (including phenoxy) is 1. The van der Waals surface area contributed by atoms with Crippen LogP contribution in [0.3, 0.4) is 0 Å².